The second-order valence-corrected chi connectivity index (χ2v) is 8.71. The van der Waals surface area contributed by atoms with Gasteiger partial charge in [-0.2, -0.15) is 0 Å². The molecule has 1 fully saturated rings. The lowest BCUT2D eigenvalue weighted by Crippen LogP contribution is -2.43. The number of benzene rings is 2. The zero-order chi connectivity index (χ0) is 21.9. The Morgan fingerprint density at radius 2 is 2.03 bits per heavy atom. The van der Waals surface area contributed by atoms with Crippen LogP contribution in [0.5, 0.6) is 0 Å². The summed E-state index contributed by atoms with van der Waals surface area (Å²) in [6.07, 6.45) is 6.60. The van der Waals surface area contributed by atoms with E-state index in [0.717, 1.165) is 55.4 Å². The number of imidazole rings is 1. The van der Waals surface area contributed by atoms with Crippen LogP contribution in [0.15, 0.2) is 61.1 Å². The number of nitrogens with zero attached hydrogens (tertiary/aromatic N) is 4. The Balaban J connectivity index is 1.18. The summed E-state index contributed by atoms with van der Waals surface area (Å²) in [4.78, 5) is 24.2. The van der Waals surface area contributed by atoms with Gasteiger partial charge in [0.25, 0.3) is 0 Å². The van der Waals surface area contributed by atoms with Gasteiger partial charge in [0.05, 0.1) is 28.8 Å². The second-order valence-electron chi connectivity index (χ2n) is 8.71. The zero-order valence-electron chi connectivity index (χ0n) is 18.5. The number of piperidine rings is 1. The van der Waals surface area contributed by atoms with Crippen molar-refractivity contribution in [2.45, 2.75) is 32.7 Å². The molecular formula is C26H29N5O. The number of pyridine rings is 1. The molecule has 1 amide bonds. The average Bonchev–Trinajstić information content (AvgIpc) is 3.24. The molecule has 3 heterocycles. The van der Waals surface area contributed by atoms with Crippen molar-refractivity contribution in [2.24, 2.45) is 5.92 Å². The normalized spacial score (nSPS) is 16.5. The molecule has 0 spiro atoms. The Kier molecular flexibility index (Phi) is 5.75. The zero-order valence-corrected chi connectivity index (χ0v) is 18.5. The van der Waals surface area contributed by atoms with Crippen LogP contribution < -0.4 is 10.2 Å². The molecule has 1 aliphatic heterocycles. The van der Waals surface area contributed by atoms with E-state index >= 15 is 0 Å². The van der Waals surface area contributed by atoms with Gasteiger partial charge < -0.3 is 14.8 Å². The fraction of sp³-hybridized carbons (Fsp3) is 0.346. The van der Waals surface area contributed by atoms with Gasteiger partial charge in [0.15, 0.2) is 0 Å². The topological polar surface area (TPSA) is 63.1 Å². The number of aromatic nitrogens is 3. The number of aryl methyl sites for hydroxylation is 2. The number of fused-ring (bicyclic) bond motifs is 2. The van der Waals surface area contributed by atoms with Gasteiger partial charge in [-0.05, 0) is 56.5 Å². The Labute approximate surface area is 188 Å². The van der Waals surface area contributed by atoms with Crippen LogP contribution >= 0.6 is 0 Å². The van der Waals surface area contributed by atoms with Crippen molar-refractivity contribution >= 4 is 33.5 Å². The molecule has 2 aromatic carbocycles. The third-order valence-electron chi connectivity index (χ3n) is 6.41. The summed E-state index contributed by atoms with van der Waals surface area (Å²) >= 11 is 0. The molecule has 1 atom stereocenters. The number of carbonyl (C=O) groups excluding carboxylic acids is 1. The molecule has 0 aliphatic carbocycles. The van der Waals surface area contributed by atoms with Crippen LogP contribution in [0.4, 0.5) is 5.69 Å². The summed E-state index contributed by atoms with van der Waals surface area (Å²) in [6.45, 7) is 5.37. The minimum Gasteiger partial charge on any atom is -0.370 e. The predicted octanol–water partition coefficient (Wildman–Crippen LogP) is 4.32. The summed E-state index contributed by atoms with van der Waals surface area (Å²) in [7, 11) is 0. The molecule has 5 rings (SSSR count). The SMILES string of the molecule is Cc1ccc2nccc(N3CCCC(C(=O)NCCCn4cnc5ccccc54)C3)c2c1. The summed E-state index contributed by atoms with van der Waals surface area (Å²) in [5, 5.41) is 4.34. The lowest BCUT2D eigenvalue weighted by molar-refractivity contribution is -0.125. The van der Waals surface area contributed by atoms with Crippen molar-refractivity contribution in [2.75, 3.05) is 24.5 Å². The van der Waals surface area contributed by atoms with Gasteiger partial charge >= 0.3 is 0 Å². The molecule has 0 radical (unpaired) electrons. The van der Waals surface area contributed by atoms with E-state index in [1.165, 1.54) is 16.6 Å². The van der Waals surface area contributed by atoms with Gasteiger partial charge in [0, 0.05) is 43.4 Å². The maximum absolute atomic E-state index is 12.9. The molecule has 6 nitrogen and oxygen atoms in total. The predicted molar refractivity (Wildman–Crippen MR) is 129 cm³/mol. The van der Waals surface area contributed by atoms with E-state index in [-0.39, 0.29) is 11.8 Å². The van der Waals surface area contributed by atoms with E-state index in [0.29, 0.717) is 6.54 Å². The number of hydrogen-bond donors (Lipinski definition) is 1. The average molecular weight is 428 g/mol. The minimum atomic E-state index is 0.0193. The van der Waals surface area contributed by atoms with Crippen LogP contribution in [0, 0.1) is 12.8 Å². The monoisotopic (exact) mass is 427 g/mol. The smallest absolute Gasteiger partial charge is 0.224 e. The van der Waals surface area contributed by atoms with Crippen LogP contribution in [0.1, 0.15) is 24.8 Å². The summed E-state index contributed by atoms with van der Waals surface area (Å²) in [5.74, 6) is 0.186. The fourth-order valence-corrected chi connectivity index (χ4v) is 4.73. The molecule has 32 heavy (non-hydrogen) atoms. The maximum Gasteiger partial charge on any atom is 0.224 e. The Bertz CT molecular complexity index is 1250. The first kappa shape index (κ1) is 20.5. The number of carbonyl (C=O) groups is 1. The van der Waals surface area contributed by atoms with E-state index in [9.17, 15) is 4.79 Å². The fourth-order valence-electron chi connectivity index (χ4n) is 4.73. The number of rotatable bonds is 6. The highest BCUT2D eigenvalue weighted by Crippen LogP contribution is 2.30. The van der Waals surface area contributed by atoms with Crippen LogP contribution in [0.3, 0.4) is 0 Å². The number of nitrogens with one attached hydrogen (secondary N) is 1. The van der Waals surface area contributed by atoms with Crippen molar-refractivity contribution in [3.8, 4) is 0 Å². The highest BCUT2D eigenvalue weighted by atomic mass is 16.1. The Morgan fingerprint density at radius 1 is 1.12 bits per heavy atom. The number of hydrogen-bond acceptors (Lipinski definition) is 4. The molecule has 6 heteroatoms. The van der Waals surface area contributed by atoms with Crippen molar-refractivity contribution in [1.29, 1.82) is 0 Å². The molecule has 1 saturated heterocycles. The first-order valence-corrected chi connectivity index (χ1v) is 11.5. The van der Waals surface area contributed by atoms with E-state index in [4.69, 9.17) is 0 Å². The maximum atomic E-state index is 12.9. The molecule has 2 aromatic heterocycles. The van der Waals surface area contributed by atoms with Gasteiger partial charge in [0.2, 0.25) is 5.91 Å². The highest BCUT2D eigenvalue weighted by molar-refractivity contribution is 5.92. The Morgan fingerprint density at radius 3 is 2.97 bits per heavy atom. The van der Waals surface area contributed by atoms with Gasteiger partial charge in [0.1, 0.15) is 0 Å². The van der Waals surface area contributed by atoms with Crippen LogP contribution in [0.25, 0.3) is 21.9 Å². The Hall–Kier alpha value is -3.41. The molecule has 0 saturated carbocycles. The van der Waals surface area contributed by atoms with Crippen molar-refractivity contribution in [3.05, 3.63) is 66.6 Å². The molecule has 1 unspecified atom stereocenters. The van der Waals surface area contributed by atoms with Gasteiger partial charge in [-0.25, -0.2) is 4.98 Å². The van der Waals surface area contributed by atoms with Crippen LogP contribution in [-0.4, -0.2) is 40.1 Å². The summed E-state index contributed by atoms with van der Waals surface area (Å²) < 4.78 is 2.15. The molecule has 1 aliphatic rings. The standard InChI is InChI=1S/C26H29N5O/c1-19-9-10-22-21(16-19)24(11-13-27-22)30-14-4-6-20(17-30)26(32)28-12-5-15-31-18-29-23-7-2-3-8-25(23)31/h2-3,7-11,13,16,18,20H,4-6,12,14-15,17H2,1H3,(H,28,32). The third-order valence-corrected chi connectivity index (χ3v) is 6.41. The summed E-state index contributed by atoms with van der Waals surface area (Å²) in [5.41, 5.74) is 5.57. The minimum absolute atomic E-state index is 0.0193. The number of amides is 1. The lowest BCUT2D eigenvalue weighted by atomic mass is 9.96. The second kappa shape index (κ2) is 8.99. The molecule has 0 bridgehead atoms. The van der Waals surface area contributed by atoms with E-state index in [1.807, 2.05) is 30.7 Å². The van der Waals surface area contributed by atoms with Crippen LogP contribution in [0.2, 0.25) is 0 Å². The molecule has 4 aromatic rings. The number of para-hydroxylation sites is 2. The third kappa shape index (κ3) is 4.17. The van der Waals surface area contributed by atoms with E-state index < -0.39 is 0 Å². The van der Waals surface area contributed by atoms with Gasteiger partial charge in [-0.15, -0.1) is 0 Å². The van der Waals surface area contributed by atoms with Crippen LogP contribution in [-0.2, 0) is 11.3 Å². The van der Waals surface area contributed by atoms with Crippen molar-refractivity contribution in [1.82, 2.24) is 19.9 Å². The van der Waals surface area contributed by atoms with E-state index in [1.54, 1.807) is 0 Å². The van der Waals surface area contributed by atoms with Gasteiger partial charge in [-0.3, -0.25) is 9.78 Å². The van der Waals surface area contributed by atoms with Crippen molar-refractivity contribution < 1.29 is 4.79 Å². The quantitative estimate of drug-likeness (QED) is 0.466. The highest BCUT2D eigenvalue weighted by Gasteiger charge is 2.26. The molecular weight excluding hydrogens is 398 g/mol. The molecule has 164 valence electrons. The van der Waals surface area contributed by atoms with E-state index in [2.05, 4.69) is 62.0 Å². The van der Waals surface area contributed by atoms with Crippen molar-refractivity contribution in [3.63, 3.8) is 0 Å². The summed E-state index contributed by atoms with van der Waals surface area (Å²) in [6, 6.07) is 16.6. The first-order valence-electron chi connectivity index (χ1n) is 11.5. The molecule has 1 N–H and O–H groups in total. The first-order chi connectivity index (χ1) is 15.7. The lowest BCUT2D eigenvalue weighted by Gasteiger charge is -2.34. The largest absolute Gasteiger partial charge is 0.370 e. The van der Waals surface area contributed by atoms with Gasteiger partial charge in [-0.1, -0.05) is 23.8 Å². The number of anilines is 1.